The van der Waals surface area contributed by atoms with Gasteiger partial charge in [-0.3, -0.25) is 4.79 Å². The van der Waals surface area contributed by atoms with Gasteiger partial charge in [0.15, 0.2) is 9.84 Å². The van der Waals surface area contributed by atoms with Gasteiger partial charge in [0.25, 0.3) is 0 Å². The molecule has 0 aliphatic carbocycles. The van der Waals surface area contributed by atoms with Crippen molar-refractivity contribution >= 4 is 21.7 Å². The molecule has 0 N–H and O–H groups in total. The minimum Gasteiger partial charge on any atom is -0.467 e. The highest BCUT2D eigenvalue weighted by Gasteiger charge is 2.39. The van der Waals surface area contributed by atoms with E-state index in [1.807, 2.05) is 31.2 Å². The van der Waals surface area contributed by atoms with Crippen molar-refractivity contribution < 1.29 is 22.7 Å². The number of methoxy groups -OCH3 is 1. The Morgan fingerprint density at radius 3 is 2.62 bits per heavy atom. The zero-order valence-electron chi connectivity index (χ0n) is 14.2. The van der Waals surface area contributed by atoms with Gasteiger partial charge in [0.05, 0.1) is 25.0 Å². The van der Waals surface area contributed by atoms with Crippen LogP contribution in [-0.2, 0) is 30.6 Å². The van der Waals surface area contributed by atoms with E-state index in [1.165, 1.54) is 12.0 Å². The second kappa shape index (κ2) is 7.34. The Kier molecular flexibility index (Phi) is 5.64. The molecule has 0 unspecified atom stereocenters. The molecule has 7 heteroatoms. The molecule has 0 saturated carbocycles. The van der Waals surface area contributed by atoms with Gasteiger partial charge in [-0.05, 0) is 25.8 Å². The van der Waals surface area contributed by atoms with E-state index in [9.17, 15) is 18.0 Å². The molecular formula is C17H23NO5S. The quantitative estimate of drug-likeness (QED) is 0.741. The fourth-order valence-electron chi connectivity index (χ4n) is 3.10. The summed E-state index contributed by atoms with van der Waals surface area (Å²) in [5, 5.41) is 0. The second-order valence-corrected chi connectivity index (χ2v) is 8.45. The highest BCUT2D eigenvalue weighted by molar-refractivity contribution is 7.91. The van der Waals surface area contributed by atoms with Crippen molar-refractivity contribution in [2.75, 3.05) is 18.6 Å². The predicted octanol–water partition coefficient (Wildman–Crippen LogP) is 1.11. The molecule has 1 aliphatic rings. The molecule has 1 aromatic rings. The summed E-state index contributed by atoms with van der Waals surface area (Å²) < 4.78 is 28.3. The Bertz CT molecular complexity index is 728. The van der Waals surface area contributed by atoms with Crippen molar-refractivity contribution in [1.29, 1.82) is 0 Å². The number of carbonyl (C=O) groups is 2. The van der Waals surface area contributed by atoms with E-state index >= 15 is 0 Å². The lowest BCUT2D eigenvalue weighted by Crippen LogP contribution is -2.50. The molecule has 6 nitrogen and oxygen atoms in total. The Labute approximate surface area is 142 Å². The van der Waals surface area contributed by atoms with Crippen LogP contribution in [0.1, 0.15) is 24.5 Å². The van der Waals surface area contributed by atoms with Gasteiger partial charge in [-0.1, -0.05) is 29.8 Å². The van der Waals surface area contributed by atoms with Gasteiger partial charge < -0.3 is 9.64 Å². The molecule has 2 atom stereocenters. The summed E-state index contributed by atoms with van der Waals surface area (Å²) in [5.74, 6) is -0.870. The maximum Gasteiger partial charge on any atom is 0.328 e. The monoisotopic (exact) mass is 353 g/mol. The number of carbonyl (C=O) groups excluding carboxylic acids is 2. The second-order valence-electron chi connectivity index (χ2n) is 6.22. The Hall–Kier alpha value is -1.89. The molecule has 132 valence electrons. The van der Waals surface area contributed by atoms with Gasteiger partial charge in [-0.2, -0.15) is 0 Å². The first kappa shape index (κ1) is 18.4. The average Bonchev–Trinajstić information content (AvgIpc) is 2.86. The smallest absolute Gasteiger partial charge is 0.328 e. The number of hydrogen-bond donors (Lipinski definition) is 0. The topological polar surface area (TPSA) is 80.8 Å². The van der Waals surface area contributed by atoms with Crippen LogP contribution in [0.15, 0.2) is 24.3 Å². The molecule has 0 radical (unpaired) electrons. The first-order valence-electron chi connectivity index (χ1n) is 7.88. The van der Waals surface area contributed by atoms with Gasteiger partial charge in [0, 0.05) is 6.04 Å². The van der Waals surface area contributed by atoms with Crippen molar-refractivity contribution in [3.05, 3.63) is 35.4 Å². The minimum atomic E-state index is -3.17. The molecule has 0 spiro atoms. The fourth-order valence-corrected chi connectivity index (χ4v) is 4.81. The van der Waals surface area contributed by atoms with Crippen molar-refractivity contribution in [1.82, 2.24) is 4.90 Å². The van der Waals surface area contributed by atoms with E-state index in [4.69, 9.17) is 4.74 Å². The van der Waals surface area contributed by atoms with Gasteiger partial charge >= 0.3 is 5.97 Å². The summed E-state index contributed by atoms with van der Waals surface area (Å²) in [6, 6.07) is 6.26. The maximum absolute atomic E-state index is 12.8. The molecule has 1 heterocycles. The molecule has 24 heavy (non-hydrogen) atoms. The summed E-state index contributed by atoms with van der Waals surface area (Å²) >= 11 is 0. The van der Waals surface area contributed by atoms with Crippen LogP contribution in [0.2, 0.25) is 0 Å². The van der Waals surface area contributed by atoms with Crippen LogP contribution in [0.4, 0.5) is 0 Å². The Morgan fingerprint density at radius 1 is 1.38 bits per heavy atom. The summed E-state index contributed by atoms with van der Waals surface area (Å²) in [4.78, 5) is 26.1. The number of amides is 1. The molecule has 0 aromatic heterocycles. The minimum absolute atomic E-state index is 0.0415. The van der Waals surface area contributed by atoms with Crippen LogP contribution in [0.25, 0.3) is 0 Å². The Balaban J connectivity index is 2.24. The van der Waals surface area contributed by atoms with Crippen molar-refractivity contribution in [2.24, 2.45) is 0 Å². The third-order valence-electron chi connectivity index (χ3n) is 4.29. The fraction of sp³-hybridized carbons (Fsp3) is 0.529. The number of esters is 1. The number of hydrogen-bond acceptors (Lipinski definition) is 5. The predicted molar refractivity (Wildman–Crippen MR) is 90.3 cm³/mol. The molecule has 1 fully saturated rings. The number of nitrogens with zero attached hydrogens (tertiary/aromatic N) is 1. The number of benzene rings is 1. The largest absolute Gasteiger partial charge is 0.467 e. The lowest BCUT2D eigenvalue weighted by Gasteiger charge is -2.32. The van der Waals surface area contributed by atoms with E-state index < -0.39 is 27.9 Å². The molecular weight excluding hydrogens is 330 g/mol. The van der Waals surface area contributed by atoms with E-state index in [-0.39, 0.29) is 23.8 Å². The lowest BCUT2D eigenvalue weighted by molar-refractivity contribution is -0.153. The first-order valence-corrected chi connectivity index (χ1v) is 9.70. The standard InChI is InChI=1S/C17H23NO5S/c1-12-5-4-6-14(9-12)10-16(19)18(13(2)17(20)23-3)15-7-8-24(21,22)11-15/h4-6,9,13,15H,7-8,10-11H2,1-3H3/t13-,15+/m0/s1. The normalized spacial score (nSPS) is 20.4. The highest BCUT2D eigenvalue weighted by atomic mass is 32.2. The molecule has 1 aliphatic heterocycles. The maximum atomic E-state index is 12.8. The zero-order valence-corrected chi connectivity index (χ0v) is 15.0. The van der Waals surface area contributed by atoms with Crippen LogP contribution >= 0.6 is 0 Å². The molecule has 1 aromatic carbocycles. The summed E-state index contributed by atoms with van der Waals surface area (Å²) in [7, 11) is -1.91. The molecule has 2 rings (SSSR count). The van der Waals surface area contributed by atoms with Crippen LogP contribution in [0, 0.1) is 6.92 Å². The molecule has 0 bridgehead atoms. The summed E-state index contributed by atoms with van der Waals surface area (Å²) in [6.07, 6.45) is 0.475. The van der Waals surface area contributed by atoms with E-state index in [0.29, 0.717) is 6.42 Å². The van der Waals surface area contributed by atoms with E-state index in [2.05, 4.69) is 0 Å². The third-order valence-corrected chi connectivity index (χ3v) is 6.04. The van der Waals surface area contributed by atoms with Gasteiger partial charge in [-0.25, -0.2) is 13.2 Å². The summed E-state index contributed by atoms with van der Waals surface area (Å²) in [6.45, 7) is 3.51. The van der Waals surface area contributed by atoms with Gasteiger partial charge in [0.2, 0.25) is 5.91 Å². The van der Waals surface area contributed by atoms with Crippen molar-refractivity contribution in [2.45, 2.75) is 38.8 Å². The van der Waals surface area contributed by atoms with Crippen LogP contribution in [-0.4, -0.2) is 55.9 Å². The number of rotatable bonds is 5. The number of ether oxygens (including phenoxy) is 1. The van der Waals surface area contributed by atoms with Crippen LogP contribution in [0.3, 0.4) is 0 Å². The van der Waals surface area contributed by atoms with Crippen molar-refractivity contribution in [3.63, 3.8) is 0 Å². The van der Waals surface area contributed by atoms with Crippen molar-refractivity contribution in [3.8, 4) is 0 Å². The third kappa shape index (κ3) is 4.35. The number of sulfone groups is 1. The first-order chi connectivity index (χ1) is 11.2. The van der Waals surface area contributed by atoms with E-state index in [0.717, 1.165) is 11.1 Å². The highest BCUT2D eigenvalue weighted by Crippen LogP contribution is 2.22. The molecule has 1 amide bonds. The summed E-state index contributed by atoms with van der Waals surface area (Å²) in [5.41, 5.74) is 1.87. The van der Waals surface area contributed by atoms with Gasteiger partial charge in [-0.15, -0.1) is 0 Å². The molecule has 1 saturated heterocycles. The number of aryl methyl sites for hydroxylation is 1. The SMILES string of the molecule is COC(=O)[C@H](C)N(C(=O)Cc1cccc(C)c1)[C@@H]1CCS(=O)(=O)C1. The van der Waals surface area contributed by atoms with Crippen LogP contribution < -0.4 is 0 Å². The van der Waals surface area contributed by atoms with Crippen LogP contribution in [0.5, 0.6) is 0 Å². The van der Waals surface area contributed by atoms with E-state index in [1.54, 1.807) is 6.92 Å². The Morgan fingerprint density at radius 2 is 2.08 bits per heavy atom. The zero-order chi connectivity index (χ0) is 17.9. The van der Waals surface area contributed by atoms with Gasteiger partial charge in [0.1, 0.15) is 6.04 Å². The lowest BCUT2D eigenvalue weighted by atomic mass is 10.1. The average molecular weight is 353 g/mol.